The molecule has 0 aromatic heterocycles. The molecule has 0 aliphatic heterocycles. The highest BCUT2D eigenvalue weighted by Crippen LogP contribution is 2.10. The van der Waals surface area contributed by atoms with Crippen LogP contribution in [0.5, 0.6) is 0 Å². The predicted molar refractivity (Wildman–Crippen MR) is 72.9 cm³/mol. The Hall–Kier alpha value is -1.31. The van der Waals surface area contributed by atoms with Crippen molar-refractivity contribution < 1.29 is 5.21 Å². The lowest BCUT2D eigenvalue weighted by molar-refractivity contribution is 0.322. The molecule has 1 rings (SSSR count). The first-order chi connectivity index (χ1) is 8.36. The number of oxime groups is 1. The third kappa shape index (κ3) is 6.10. The van der Waals surface area contributed by atoms with Gasteiger partial charge in [0.2, 0.25) is 0 Å². The summed E-state index contributed by atoms with van der Waals surface area (Å²) in [4.78, 5) is 0. The predicted octanol–water partition coefficient (Wildman–Crippen LogP) is 4.40. The van der Waals surface area contributed by atoms with Gasteiger partial charge in [0, 0.05) is 0 Å². The molecule has 0 bridgehead atoms. The van der Waals surface area contributed by atoms with E-state index < -0.39 is 0 Å². The van der Waals surface area contributed by atoms with E-state index in [0.717, 1.165) is 12.0 Å². The number of aryl methyl sites for hydroxylation is 1. The number of hydrogen-bond donors (Lipinski definition) is 1. The first-order valence-corrected chi connectivity index (χ1v) is 6.63. The van der Waals surface area contributed by atoms with Gasteiger partial charge in [-0.2, -0.15) is 0 Å². The quantitative estimate of drug-likeness (QED) is 0.307. The maximum atomic E-state index is 8.40. The molecule has 0 fully saturated rings. The lowest BCUT2D eigenvalue weighted by Crippen LogP contribution is -1.88. The van der Waals surface area contributed by atoms with Crippen molar-refractivity contribution in [2.24, 2.45) is 5.16 Å². The summed E-state index contributed by atoms with van der Waals surface area (Å²) >= 11 is 0. The molecule has 0 radical (unpaired) electrons. The number of rotatable bonds is 8. The third-order valence-electron chi connectivity index (χ3n) is 3.01. The van der Waals surface area contributed by atoms with Crippen molar-refractivity contribution in [3.8, 4) is 0 Å². The molecule has 1 aromatic carbocycles. The average molecular weight is 233 g/mol. The molecular formula is C15H23NO. The molecule has 0 atom stereocenters. The maximum Gasteiger partial charge on any atom is 0.0733 e. The second kappa shape index (κ2) is 8.80. The summed E-state index contributed by atoms with van der Waals surface area (Å²) in [5.41, 5.74) is 2.31. The zero-order valence-electron chi connectivity index (χ0n) is 10.7. The van der Waals surface area contributed by atoms with Crippen LogP contribution in [0.25, 0.3) is 0 Å². The van der Waals surface area contributed by atoms with Gasteiger partial charge in [0.15, 0.2) is 0 Å². The van der Waals surface area contributed by atoms with Gasteiger partial charge in [-0.25, -0.2) is 0 Å². The summed E-state index contributed by atoms with van der Waals surface area (Å²) in [6.45, 7) is 2.25. The van der Waals surface area contributed by atoms with E-state index in [2.05, 4.69) is 24.2 Å². The van der Waals surface area contributed by atoms with Crippen molar-refractivity contribution in [2.75, 3.05) is 0 Å². The van der Waals surface area contributed by atoms with Crippen molar-refractivity contribution in [1.82, 2.24) is 0 Å². The molecule has 0 spiro atoms. The Bertz CT molecular complexity index is 316. The summed E-state index contributed by atoms with van der Waals surface area (Å²) in [6.07, 6.45) is 10.6. The number of unbranched alkanes of at least 4 members (excludes halogenated alkanes) is 5. The van der Waals surface area contributed by atoms with E-state index in [4.69, 9.17) is 5.21 Å². The SMILES string of the molecule is CCCCCCCCc1ccc(/C=N/O)cc1. The molecule has 0 unspecified atom stereocenters. The molecule has 0 amide bonds. The van der Waals surface area contributed by atoms with Crippen LogP contribution in [-0.2, 0) is 6.42 Å². The number of hydrogen-bond acceptors (Lipinski definition) is 2. The van der Waals surface area contributed by atoms with Gasteiger partial charge in [0.1, 0.15) is 0 Å². The fourth-order valence-corrected chi connectivity index (χ4v) is 1.95. The second-order valence-electron chi connectivity index (χ2n) is 4.50. The van der Waals surface area contributed by atoms with Gasteiger partial charge in [0.05, 0.1) is 6.21 Å². The molecule has 1 aromatic rings. The standard InChI is InChI=1S/C15H23NO/c1-2-3-4-5-6-7-8-14-9-11-15(12-10-14)13-16-17/h9-13,17H,2-8H2,1H3/b16-13+. The van der Waals surface area contributed by atoms with E-state index in [1.54, 1.807) is 0 Å². The van der Waals surface area contributed by atoms with Crippen LogP contribution in [0.4, 0.5) is 0 Å². The van der Waals surface area contributed by atoms with Gasteiger partial charge in [-0.05, 0) is 24.0 Å². The van der Waals surface area contributed by atoms with Gasteiger partial charge in [-0.1, -0.05) is 68.4 Å². The van der Waals surface area contributed by atoms with Crippen LogP contribution in [0, 0.1) is 0 Å². The van der Waals surface area contributed by atoms with Crippen LogP contribution in [0.2, 0.25) is 0 Å². The van der Waals surface area contributed by atoms with Gasteiger partial charge in [-0.3, -0.25) is 0 Å². The lowest BCUT2D eigenvalue weighted by Gasteiger charge is -2.02. The Kier molecular flexibility index (Phi) is 7.12. The van der Waals surface area contributed by atoms with Gasteiger partial charge >= 0.3 is 0 Å². The van der Waals surface area contributed by atoms with E-state index in [0.29, 0.717) is 0 Å². The Labute approximate surface area is 104 Å². The molecule has 2 nitrogen and oxygen atoms in total. The minimum atomic E-state index is 0.944. The van der Waals surface area contributed by atoms with Crippen LogP contribution < -0.4 is 0 Å². The highest BCUT2D eigenvalue weighted by atomic mass is 16.4. The van der Waals surface area contributed by atoms with E-state index in [-0.39, 0.29) is 0 Å². The Morgan fingerprint density at radius 3 is 2.29 bits per heavy atom. The summed E-state index contributed by atoms with van der Waals surface area (Å²) < 4.78 is 0. The maximum absolute atomic E-state index is 8.40. The number of benzene rings is 1. The van der Waals surface area contributed by atoms with Crippen LogP contribution >= 0.6 is 0 Å². The van der Waals surface area contributed by atoms with E-state index in [1.165, 1.54) is 50.3 Å². The first kappa shape index (κ1) is 13.8. The molecular weight excluding hydrogens is 210 g/mol. The minimum Gasteiger partial charge on any atom is -0.411 e. The molecule has 0 heterocycles. The van der Waals surface area contributed by atoms with Crippen LogP contribution in [0.15, 0.2) is 29.4 Å². The van der Waals surface area contributed by atoms with Gasteiger partial charge in [0.25, 0.3) is 0 Å². The molecule has 0 aliphatic rings. The lowest BCUT2D eigenvalue weighted by atomic mass is 10.0. The van der Waals surface area contributed by atoms with Crippen molar-refractivity contribution in [1.29, 1.82) is 0 Å². The number of nitrogens with zero attached hydrogens (tertiary/aromatic N) is 1. The Morgan fingerprint density at radius 1 is 1.00 bits per heavy atom. The van der Waals surface area contributed by atoms with E-state index in [9.17, 15) is 0 Å². The van der Waals surface area contributed by atoms with E-state index in [1.807, 2.05) is 12.1 Å². The summed E-state index contributed by atoms with van der Waals surface area (Å²) in [5, 5.41) is 11.4. The summed E-state index contributed by atoms with van der Waals surface area (Å²) in [6, 6.07) is 8.21. The summed E-state index contributed by atoms with van der Waals surface area (Å²) in [7, 11) is 0. The average Bonchev–Trinajstić information content (AvgIpc) is 2.36. The fraction of sp³-hybridized carbons (Fsp3) is 0.533. The zero-order valence-corrected chi connectivity index (χ0v) is 10.7. The molecule has 0 saturated heterocycles. The monoisotopic (exact) mass is 233 g/mol. The van der Waals surface area contributed by atoms with Crippen molar-refractivity contribution in [3.05, 3.63) is 35.4 Å². The van der Waals surface area contributed by atoms with Crippen LogP contribution in [-0.4, -0.2) is 11.4 Å². The van der Waals surface area contributed by atoms with E-state index >= 15 is 0 Å². The molecule has 1 N–H and O–H groups in total. The summed E-state index contributed by atoms with van der Waals surface area (Å²) in [5.74, 6) is 0. The second-order valence-corrected chi connectivity index (χ2v) is 4.50. The topological polar surface area (TPSA) is 32.6 Å². The first-order valence-electron chi connectivity index (χ1n) is 6.63. The normalized spacial score (nSPS) is 11.1. The largest absolute Gasteiger partial charge is 0.411 e. The zero-order chi connectivity index (χ0) is 12.3. The highest BCUT2D eigenvalue weighted by molar-refractivity contribution is 5.78. The highest BCUT2D eigenvalue weighted by Gasteiger charge is 1.94. The molecule has 17 heavy (non-hydrogen) atoms. The minimum absolute atomic E-state index is 0.944. The fourth-order valence-electron chi connectivity index (χ4n) is 1.95. The van der Waals surface area contributed by atoms with Crippen LogP contribution in [0.1, 0.15) is 56.6 Å². The third-order valence-corrected chi connectivity index (χ3v) is 3.01. The van der Waals surface area contributed by atoms with Gasteiger partial charge < -0.3 is 5.21 Å². The van der Waals surface area contributed by atoms with Gasteiger partial charge in [-0.15, -0.1) is 0 Å². The Balaban J connectivity index is 2.18. The molecule has 0 saturated carbocycles. The van der Waals surface area contributed by atoms with Crippen molar-refractivity contribution in [3.63, 3.8) is 0 Å². The molecule has 0 aliphatic carbocycles. The molecule has 94 valence electrons. The van der Waals surface area contributed by atoms with Crippen LogP contribution in [0.3, 0.4) is 0 Å². The molecule has 2 heteroatoms. The van der Waals surface area contributed by atoms with Crippen molar-refractivity contribution >= 4 is 6.21 Å². The Morgan fingerprint density at radius 2 is 1.65 bits per heavy atom. The van der Waals surface area contributed by atoms with Crippen molar-refractivity contribution in [2.45, 2.75) is 51.9 Å². The smallest absolute Gasteiger partial charge is 0.0733 e.